The summed E-state index contributed by atoms with van der Waals surface area (Å²) in [5.74, 6) is 2.23. The number of methoxy groups -OCH3 is 2. The van der Waals surface area contributed by atoms with E-state index >= 15 is 0 Å². The van der Waals surface area contributed by atoms with Crippen LogP contribution in [0.4, 0.5) is 0 Å². The molecule has 8 nitrogen and oxygen atoms in total. The van der Waals surface area contributed by atoms with Gasteiger partial charge in [-0.3, -0.25) is 5.01 Å². The molecule has 1 atom stereocenters. The smallest absolute Gasteiger partial charge is 0.178 e. The molecule has 1 unspecified atom stereocenters. The van der Waals surface area contributed by atoms with E-state index < -0.39 is 5.72 Å². The summed E-state index contributed by atoms with van der Waals surface area (Å²) in [5, 5.41) is 2.22. The van der Waals surface area contributed by atoms with Crippen LogP contribution in [0.15, 0.2) is 53.6 Å². The van der Waals surface area contributed by atoms with Crippen molar-refractivity contribution in [1.82, 2.24) is 20.2 Å². The molecule has 43 heavy (non-hydrogen) atoms. The van der Waals surface area contributed by atoms with E-state index in [4.69, 9.17) is 18.9 Å². The van der Waals surface area contributed by atoms with Crippen LogP contribution < -0.4 is 5.43 Å². The molecule has 1 aromatic carbocycles. The number of benzene rings is 1. The van der Waals surface area contributed by atoms with Crippen LogP contribution in [0.5, 0.6) is 0 Å². The Morgan fingerprint density at radius 1 is 0.953 bits per heavy atom. The minimum absolute atomic E-state index is 0.615. The van der Waals surface area contributed by atoms with Gasteiger partial charge in [0.15, 0.2) is 5.72 Å². The van der Waals surface area contributed by atoms with E-state index in [-0.39, 0.29) is 0 Å². The topological polar surface area (TPSA) is 58.7 Å². The minimum Gasteiger partial charge on any atom is -0.494 e. The number of hydrazine groups is 1. The lowest BCUT2D eigenvalue weighted by atomic mass is 9.96. The third kappa shape index (κ3) is 6.99. The average Bonchev–Trinajstić information content (AvgIpc) is 3.81. The zero-order valence-corrected chi connectivity index (χ0v) is 26.6. The van der Waals surface area contributed by atoms with Crippen LogP contribution in [-0.4, -0.2) is 87.3 Å². The van der Waals surface area contributed by atoms with Crippen LogP contribution in [0.1, 0.15) is 69.4 Å². The Bertz CT molecular complexity index is 1160. The van der Waals surface area contributed by atoms with Crippen LogP contribution in [0, 0.1) is 11.8 Å². The first kappa shape index (κ1) is 30.7. The molecule has 1 saturated carbocycles. The molecule has 0 spiro atoms. The highest BCUT2D eigenvalue weighted by atomic mass is 16.5. The number of ether oxygens (including phenoxy) is 4. The predicted molar refractivity (Wildman–Crippen MR) is 169 cm³/mol. The Hall–Kier alpha value is -2.36. The van der Waals surface area contributed by atoms with Gasteiger partial charge in [-0.15, -0.1) is 0 Å². The monoisotopic (exact) mass is 592 g/mol. The van der Waals surface area contributed by atoms with Crippen molar-refractivity contribution in [3.05, 3.63) is 64.7 Å². The highest BCUT2D eigenvalue weighted by molar-refractivity contribution is 5.73. The van der Waals surface area contributed by atoms with Gasteiger partial charge in [0.05, 0.1) is 31.7 Å². The Kier molecular flexibility index (Phi) is 10.1. The highest BCUT2D eigenvalue weighted by Crippen LogP contribution is 2.45. The molecule has 4 heterocycles. The van der Waals surface area contributed by atoms with Crippen molar-refractivity contribution < 1.29 is 18.9 Å². The van der Waals surface area contributed by atoms with Crippen molar-refractivity contribution in [2.45, 2.75) is 70.6 Å². The summed E-state index contributed by atoms with van der Waals surface area (Å²) in [6, 6.07) is 8.75. The molecule has 1 aromatic rings. The van der Waals surface area contributed by atoms with E-state index in [0.29, 0.717) is 12.5 Å². The molecule has 0 radical (unpaired) electrons. The van der Waals surface area contributed by atoms with Crippen LogP contribution in [0.3, 0.4) is 0 Å². The second-order valence-electron chi connectivity index (χ2n) is 12.9. The maximum atomic E-state index is 6.40. The SMILES string of the molecule is CCC1(OC)NN2C(=C1N(CC1CCOCC1)CC1CC1)C=CC(OC)=C2c1ccc(COCCN2CCCCC2)cc1. The van der Waals surface area contributed by atoms with Gasteiger partial charge in [-0.25, -0.2) is 0 Å². The fourth-order valence-electron chi connectivity index (χ4n) is 7.10. The molecule has 8 heteroatoms. The molecule has 3 fully saturated rings. The summed E-state index contributed by atoms with van der Waals surface area (Å²) in [5.41, 5.74) is 8.90. The van der Waals surface area contributed by atoms with Crippen LogP contribution >= 0.6 is 0 Å². The maximum absolute atomic E-state index is 6.40. The Labute approximate surface area is 258 Å². The summed E-state index contributed by atoms with van der Waals surface area (Å²) in [7, 11) is 3.59. The molecule has 1 N–H and O–H groups in total. The van der Waals surface area contributed by atoms with Gasteiger partial charge in [0, 0.05) is 45.5 Å². The first-order valence-corrected chi connectivity index (χ1v) is 16.7. The number of hydrogen-bond acceptors (Lipinski definition) is 8. The molecule has 0 amide bonds. The van der Waals surface area contributed by atoms with Gasteiger partial charge in [0.25, 0.3) is 0 Å². The lowest BCUT2D eigenvalue weighted by Crippen LogP contribution is -2.52. The van der Waals surface area contributed by atoms with E-state index in [0.717, 1.165) is 87.4 Å². The molecular weight excluding hydrogens is 540 g/mol. The van der Waals surface area contributed by atoms with Gasteiger partial charge in [0.1, 0.15) is 11.5 Å². The second kappa shape index (κ2) is 14.2. The van der Waals surface area contributed by atoms with E-state index in [1.807, 2.05) is 7.11 Å². The zero-order chi connectivity index (χ0) is 29.6. The Balaban J connectivity index is 1.23. The number of nitrogens with one attached hydrogen (secondary N) is 1. The minimum atomic E-state index is -0.615. The second-order valence-corrected chi connectivity index (χ2v) is 12.9. The summed E-state index contributed by atoms with van der Waals surface area (Å²) in [4.78, 5) is 5.17. The predicted octanol–water partition coefficient (Wildman–Crippen LogP) is 5.50. The summed E-state index contributed by atoms with van der Waals surface area (Å²) in [6.45, 7) is 10.9. The van der Waals surface area contributed by atoms with Crippen LogP contribution in [-0.2, 0) is 25.6 Å². The number of fused-ring (bicyclic) bond motifs is 1. The number of nitrogens with zero attached hydrogens (tertiary/aromatic N) is 3. The lowest BCUT2D eigenvalue weighted by molar-refractivity contribution is -0.0470. The van der Waals surface area contributed by atoms with Crippen molar-refractivity contribution >= 4 is 5.70 Å². The third-order valence-electron chi connectivity index (χ3n) is 9.88. The zero-order valence-electron chi connectivity index (χ0n) is 26.6. The van der Waals surface area contributed by atoms with Crippen molar-refractivity contribution in [1.29, 1.82) is 0 Å². The van der Waals surface area contributed by atoms with Gasteiger partial charge in [-0.2, -0.15) is 5.43 Å². The summed E-state index contributed by atoms with van der Waals surface area (Å²) in [6.07, 6.45) is 14.0. The first-order chi connectivity index (χ1) is 21.1. The highest BCUT2D eigenvalue weighted by Gasteiger charge is 2.49. The number of piperidine rings is 1. The summed E-state index contributed by atoms with van der Waals surface area (Å²) >= 11 is 0. The fraction of sp³-hybridized carbons (Fsp3) is 0.657. The molecule has 0 aromatic heterocycles. The number of hydrogen-bond donors (Lipinski definition) is 1. The fourth-order valence-corrected chi connectivity index (χ4v) is 7.10. The van der Waals surface area contributed by atoms with Crippen LogP contribution in [0.25, 0.3) is 5.70 Å². The molecule has 4 aliphatic heterocycles. The van der Waals surface area contributed by atoms with E-state index in [1.54, 1.807) is 7.11 Å². The largest absolute Gasteiger partial charge is 0.494 e. The van der Waals surface area contributed by atoms with E-state index in [2.05, 4.69) is 63.6 Å². The molecule has 2 saturated heterocycles. The molecular formula is C35H52N4O4. The molecule has 1 aliphatic carbocycles. The molecule has 0 bridgehead atoms. The standard InChI is InChI=1S/C35H52N4O4/c1-4-35(41-3)34(38(24-27-8-9-27)25-28-16-21-42-22-17-28)31-14-15-32(40-2)33(39(31)36-35)30-12-10-29(11-13-30)26-43-23-20-37-18-6-5-7-19-37/h10-15,27-28,36H,4-9,16-26H2,1-3H3. The van der Waals surface area contributed by atoms with Crippen LogP contribution in [0.2, 0.25) is 0 Å². The van der Waals surface area contributed by atoms with E-state index in [1.165, 1.54) is 56.5 Å². The van der Waals surface area contributed by atoms with Gasteiger partial charge in [-0.1, -0.05) is 37.6 Å². The number of rotatable bonds is 14. The van der Waals surface area contributed by atoms with Crippen molar-refractivity contribution in [2.75, 3.05) is 66.8 Å². The first-order valence-electron chi connectivity index (χ1n) is 16.7. The van der Waals surface area contributed by atoms with Gasteiger partial charge >= 0.3 is 0 Å². The van der Waals surface area contributed by atoms with Gasteiger partial charge in [-0.05, 0) is 87.6 Å². The average molecular weight is 593 g/mol. The van der Waals surface area contributed by atoms with Gasteiger partial charge in [0.2, 0.25) is 0 Å². The molecule has 236 valence electrons. The van der Waals surface area contributed by atoms with Crippen molar-refractivity contribution in [3.8, 4) is 0 Å². The Morgan fingerprint density at radius 2 is 1.67 bits per heavy atom. The normalized spacial score (nSPS) is 25.0. The van der Waals surface area contributed by atoms with Gasteiger partial charge < -0.3 is 28.7 Å². The number of allylic oxidation sites excluding steroid dienone is 2. The summed E-state index contributed by atoms with van der Waals surface area (Å²) < 4.78 is 24.1. The quantitative estimate of drug-likeness (QED) is 0.285. The lowest BCUT2D eigenvalue weighted by Gasteiger charge is -2.39. The maximum Gasteiger partial charge on any atom is 0.178 e. The Morgan fingerprint density at radius 3 is 2.33 bits per heavy atom. The van der Waals surface area contributed by atoms with Crippen molar-refractivity contribution in [2.24, 2.45) is 11.8 Å². The van der Waals surface area contributed by atoms with Crippen molar-refractivity contribution in [3.63, 3.8) is 0 Å². The van der Waals surface area contributed by atoms with E-state index in [9.17, 15) is 0 Å². The third-order valence-corrected chi connectivity index (χ3v) is 9.88. The molecule has 5 aliphatic rings. The number of likely N-dealkylation sites (tertiary alicyclic amines) is 1. The molecule has 6 rings (SSSR count).